The topological polar surface area (TPSA) is 78.0 Å². The minimum Gasteiger partial charge on any atom is -0.493 e. The quantitative estimate of drug-likeness (QED) is 0.284. The molecule has 3 aromatic carbocycles. The van der Waals surface area contributed by atoms with E-state index in [2.05, 4.69) is 21.6 Å². The smallest absolute Gasteiger partial charge is 0.227 e. The van der Waals surface area contributed by atoms with Crippen LogP contribution in [-0.2, 0) is 13.6 Å². The zero-order valence-electron chi connectivity index (χ0n) is 20.9. The maximum Gasteiger partial charge on any atom is 0.227 e. The van der Waals surface area contributed by atoms with Crippen molar-refractivity contribution >= 4 is 11.1 Å². The molecule has 1 fully saturated rings. The van der Waals surface area contributed by atoms with Crippen LogP contribution < -0.4 is 10.1 Å². The second-order valence-corrected chi connectivity index (χ2v) is 9.63. The van der Waals surface area contributed by atoms with Crippen LogP contribution in [0.25, 0.3) is 45.1 Å². The van der Waals surface area contributed by atoms with Crippen molar-refractivity contribution in [2.24, 2.45) is 13.0 Å². The lowest BCUT2D eigenvalue weighted by molar-refractivity contribution is 0.301. The number of nitrogens with zero attached hydrogens (tertiary/aromatic N) is 4. The van der Waals surface area contributed by atoms with Gasteiger partial charge in [-0.25, -0.2) is 9.37 Å². The Morgan fingerprint density at radius 3 is 2.70 bits per heavy atom. The van der Waals surface area contributed by atoms with Crippen LogP contribution in [-0.4, -0.2) is 33.4 Å². The molecule has 7 nitrogen and oxygen atoms in total. The van der Waals surface area contributed by atoms with Crippen molar-refractivity contribution in [3.8, 4) is 39.7 Å². The van der Waals surface area contributed by atoms with Crippen molar-refractivity contribution in [3.05, 3.63) is 72.3 Å². The highest BCUT2D eigenvalue weighted by atomic mass is 19.1. The van der Waals surface area contributed by atoms with Crippen molar-refractivity contribution < 1.29 is 13.5 Å². The van der Waals surface area contributed by atoms with Gasteiger partial charge in [-0.05, 0) is 78.4 Å². The molecule has 0 atom stereocenters. The molecule has 2 aromatic heterocycles. The van der Waals surface area contributed by atoms with E-state index in [1.54, 1.807) is 24.1 Å². The number of rotatable bonds is 8. The predicted octanol–water partition coefficient (Wildman–Crippen LogP) is 5.99. The van der Waals surface area contributed by atoms with Crippen LogP contribution in [0, 0.1) is 11.7 Å². The van der Waals surface area contributed by atoms with E-state index >= 15 is 0 Å². The highest BCUT2D eigenvalue weighted by molar-refractivity contribution is 5.85. The summed E-state index contributed by atoms with van der Waals surface area (Å²) in [6, 6.07) is 16.6. The molecule has 8 heteroatoms. The fourth-order valence-electron chi connectivity index (χ4n) is 4.85. The van der Waals surface area contributed by atoms with Gasteiger partial charge in [0.2, 0.25) is 5.89 Å². The second kappa shape index (κ2) is 9.78. The summed E-state index contributed by atoms with van der Waals surface area (Å²) in [6.45, 7) is 1.80. The fraction of sp³-hybridized carbons (Fsp3) is 0.276. The van der Waals surface area contributed by atoms with Crippen molar-refractivity contribution in [2.45, 2.75) is 25.8 Å². The minimum absolute atomic E-state index is 0.332. The van der Waals surface area contributed by atoms with Gasteiger partial charge in [0.25, 0.3) is 0 Å². The fourth-order valence-corrected chi connectivity index (χ4v) is 4.85. The van der Waals surface area contributed by atoms with Crippen LogP contribution in [0.1, 0.15) is 24.8 Å². The highest BCUT2D eigenvalue weighted by Gasteiger charge is 2.19. The van der Waals surface area contributed by atoms with Gasteiger partial charge in [-0.2, -0.15) is 0 Å². The van der Waals surface area contributed by atoms with E-state index in [1.165, 1.54) is 31.4 Å². The maximum absolute atomic E-state index is 14.2. The maximum atomic E-state index is 14.2. The number of benzene rings is 3. The van der Waals surface area contributed by atoms with Gasteiger partial charge in [0.15, 0.2) is 17.2 Å². The third-order valence-corrected chi connectivity index (χ3v) is 7.08. The Morgan fingerprint density at radius 2 is 1.95 bits per heavy atom. The molecular weight excluding hydrogens is 469 g/mol. The SMILES string of the molecule is COc1cc(CNCC2CCC2)cc2nc(-c3cccc(-c4ccc(F)cc4-c4nncn4C)c3)oc12. The van der Waals surface area contributed by atoms with Gasteiger partial charge in [0, 0.05) is 24.7 Å². The Balaban J connectivity index is 1.34. The summed E-state index contributed by atoms with van der Waals surface area (Å²) < 4.78 is 27.8. The number of ether oxygens (including phenoxy) is 1. The number of aryl methyl sites for hydroxylation is 1. The third kappa shape index (κ3) is 4.60. The first-order valence-corrected chi connectivity index (χ1v) is 12.5. The summed E-state index contributed by atoms with van der Waals surface area (Å²) in [5, 5.41) is 11.7. The monoisotopic (exact) mass is 497 g/mol. The molecule has 5 aromatic rings. The van der Waals surface area contributed by atoms with E-state index in [-0.39, 0.29) is 5.82 Å². The van der Waals surface area contributed by atoms with Crippen molar-refractivity contribution in [2.75, 3.05) is 13.7 Å². The van der Waals surface area contributed by atoms with E-state index < -0.39 is 0 Å². The molecule has 1 N–H and O–H groups in total. The Bertz CT molecular complexity index is 1570. The molecule has 0 amide bonds. The number of methoxy groups -OCH3 is 1. The minimum atomic E-state index is -0.332. The van der Waals surface area contributed by atoms with Crippen LogP contribution in [0.2, 0.25) is 0 Å². The molecule has 1 saturated carbocycles. The number of fused-ring (bicyclic) bond motifs is 1. The van der Waals surface area contributed by atoms with Gasteiger partial charge < -0.3 is 19.0 Å². The number of hydrogen-bond acceptors (Lipinski definition) is 6. The summed E-state index contributed by atoms with van der Waals surface area (Å²) in [5.41, 5.74) is 5.69. The lowest BCUT2D eigenvalue weighted by Crippen LogP contribution is -2.26. The molecule has 6 rings (SSSR count). The van der Waals surface area contributed by atoms with Crippen LogP contribution in [0.15, 0.2) is 65.3 Å². The molecule has 1 aliphatic rings. The summed E-state index contributed by atoms with van der Waals surface area (Å²) >= 11 is 0. The number of hydrogen-bond donors (Lipinski definition) is 1. The van der Waals surface area contributed by atoms with Crippen molar-refractivity contribution in [1.29, 1.82) is 0 Å². The van der Waals surface area contributed by atoms with Crippen molar-refractivity contribution in [3.63, 3.8) is 0 Å². The first-order valence-electron chi connectivity index (χ1n) is 12.5. The predicted molar refractivity (Wildman–Crippen MR) is 140 cm³/mol. The summed E-state index contributed by atoms with van der Waals surface area (Å²) in [4.78, 5) is 4.80. The molecule has 0 unspecified atom stereocenters. The molecule has 0 spiro atoms. The number of nitrogens with one attached hydrogen (secondary N) is 1. The van der Waals surface area contributed by atoms with E-state index in [1.807, 2.05) is 37.4 Å². The standard InChI is InChI=1S/C29H28FN5O2/c1-35-17-32-34-28(35)24-14-22(30)9-10-23(24)20-7-4-8-21(13-20)29-33-25-11-19(12-26(36-2)27(25)37-29)16-31-15-18-5-3-6-18/h4,7-14,17-18,31H,3,5-6,15-16H2,1-2H3. The Labute approximate surface area is 214 Å². The van der Waals surface area contributed by atoms with Crippen LogP contribution in [0.5, 0.6) is 5.75 Å². The van der Waals surface area contributed by atoms with E-state index in [9.17, 15) is 4.39 Å². The Kier molecular flexibility index (Phi) is 6.18. The zero-order valence-corrected chi connectivity index (χ0v) is 20.9. The van der Waals surface area contributed by atoms with E-state index in [0.717, 1.165) is 46.8 Å². The third-order valence-electron chi connectivity index (χ3n) is 7.08. The van der Waals surface area contributed by atoms with Crippen LogP contribution in [0.4, 0.5) is 4.39 Å². The Hall–Kier alpha value is -4.04. The van der Waals surface area contributed by atoms with Gasteiger partial charge in [0.1, 0.15) is 17.7 Å². The molecule has 0 saturated heterocycles. The second-order valence-electron chi connectivity index (χ2n) is 9.63. The first kappa shape index (κ1) is 23.4. The molecule has 1 aliphatic carbocycles. The van der Waals surface area contributed by atoms with Crippen molar-refractivity contribution in [1.82, 2.24) is 25.1 Å². The Morgan fingerprint density at radius 1 is 1.08 bits per heavy atom. The van der Waals surface area contributed by atoms with Crippen LogP contribution in [0.3, 0.4) is 0 Å². The van der Waals surface area contributed by atoms with E-state index in [0.29, 0.717) is 28.6 Å². The molecule has 0 bridgehead atoms. The normalized spacial score (nSPS) is 13.7. The van der Waals surface area contributed by atoms with Gasteiger partial charge in [-0.15, -0.1) is 10.2 Å². The van der Waals surface area contributed by atoms with Gasteiger partial charge in [-0.3, -0.25) is 0 Å². The number of oxazole rings is 1. The largest absolute Gasteiger partial charge is 0.493 e. The van der Waals surface area contributed by atoms with Gasteiger partial charge in [-0.1, -0.05) is 24.6 Å². The average Bonchev–Trinajstić information content (AvgIpc) is 3.51. The molecule has 188 valence electrons. The van der Waals surface area contributed by atoms with Crippen LogP contribution >= 0.6 is 0 Å². The van der Waals surface area contributed by atoms with E-state index in [4.69, 9.17) is 14.1 Å². The molecule has 0 radical (unpaired) electrons. The summed E-state index contributed by atoms with van der Waals surface area (Å²) in [5.74, 6) is 2.21. The number of aromatic nitrogens is 4. The summed E-state index contributed by atoms with van der Waals surface area (Å²) in [6.07, 6.45) is 5.58. The highest BCUT2D eigenvalue weighted by Crippen LogP contribution is 2.36. The lowest BCUT2D eigenvalue weighted by atomic mass is 9.85. The average molecular weight is 498 g/mol. The lowest BCUT2D eigenvalue weighted by Gasteiger charge is -2.25. The number of halogens is 1. The molecular formula is C29H28FN5O2. The van der Waals surface area contributed by atoms with Gasteiger partial charge in [0.05, 0.1) is 7.11 Å². The zero-order chi connectivity index (χ0) is 25.4. The van der Waals surface area contributed by atoms with Gasteiger partial charge >= 0.3 is 0 Å². The first-order chi connectivity index (χ1) is 18.1. The molecule has 37 heavy (non-hydrogen) atoms. The molecule has 2 heterocycles. The molecule has 0 aliphatic heterocycles. The summed E-state index contributed by atoms with van der Waals surface area (Å²) in [7, 11) is 3.48.